The van der Waals surface area contributed by atoms with Gasteiger partial charge in [0, 0.05) is 26.1 Å². The fourth-order valence-electron chi connectivity index (χ4n) is 3.25. The Bertz CT molecular complexity index is 379. The van der Waals surface area contributed by atoms with Crippen molar-refractivity contribution in [3.05, 3.63) is 0 Å². The van der Waals surface area contributed by atoms with Crippen molar-refractivity contribution < 1.29 is 19.8 Å². The van der Waals surface area contributed by atoms with Gasteiger partial charge in [0.1, 0.15) is 6.04 Å². The van der Waals surface area contributed by atoms with E-state index in [0.717, 1.165) is 25.7 Å². The Labute approximate surface area is 119 Å². The SMILES string of the molecule is CC1CCC(N(C)C(=O)N2CC(O)CC2C(=O)O)CC1. The fraction of sp³-hybridized carbons (Fsp3) is 0.857. The van der Waals surface area contributed by atoms with E-state index in [9.17, 15) is 14.7 Å². The second-order valence-electron chi connectivity index (χ2n) is 6.20. The van der Waals surface area contributed by atoms with Gasteiger partial charge in [-0.05, 0) is 31.6 Å². The van der Waals surface area contributed by atoms with Gasteiger partial charge in [-0.3, -0.25) is 0 Å². The van der Waals surface area contributed by atoms with Crippen LogP contribution in [0.2, 0.25) is 0 Å². The Morgan fingerprint density at radius 2 is 1.80 bits per heavy atom. The summed E-state index contributed by atoms with van der Waals surface area (Å²) in [7, 11) is 1.74. The number of rotatable bonds is 2. The van der Waals surface area contributed by atoms with Crippen LogP contribution in [0.1, 0.15) is 39.0 Å². The summed E-state index contributed by atoms with van der Waals surface area (Å²) >= 11 is 0. The number of aliphatic hydroxyl groups excluding tert-OH is 1. The van der Waals surface area contributed by atoms with Crippen molar-refractivity contribution in [2.75, 3.05) is 13.6 Å². The van der Waals surface area contributed by atoms with Gasteiger partial charge in [0.25, 0.3) is 0 Å². The molecule has 1 heterocycles. The van der Waals surface area contributed by atoms with Crippen molar-refractivity contribution in [2.45, 2.75) is 57.2 Å². The molecule has 2 aliphatic rings. The second-order valence-corrected chi connectivity index (χ2v) is 6.20. The summed E-state index contributed by atoms with van der Waals surface area (Å²) in [6.07, 6.45) is 3.53. The molecule has 1 saturated carbocycles. The predicted octanol–water partition coefficient (Wildman–Crippen LogP) is 1.14. The van der Waals surface area contributed by atoms with E-state index in [1.807, 2.05) is 0 Å². The molecule has 0 radical (unpaired) electrons. The number of hydrogen-bond donors (Lipinski definition) is 2. The fourth-order valence-corrected chi connectivity index (χ4v) is 3.25. The summed E-state index contributed by atoms with van der Waals surface area (Å²) in [4.78, 5) is 26.6. The zero-order chi connectivity index (χ0) is 14.9. The van der Waals surface area contributed by atoms with Crippen LogP contribution in [0.5, 0.6) is 0 Å². The van der Waals surface area contributed by atoms with Crippen LogP contribution in [-0.4, -0.2) is 63.8 Å². The Morgan fingerprint density at radius 3 is 2.35 bits per heavy atom. The summed E-state index contributed by atoms with van der Waals surface area (Å²) in [6.45, 7) is 2.33. The molecule has 0 aromatic heterocycles. The quantitative estimate of drug-likeness (QED) is 0.796. The van der Waals surface area contributed by atoms with Gasteiger partial charge in [0.2, 0.25) is 0 Å². The standard InChI is InChI=1S/C14H24N2O4/c1-9-3-5-10(6-4-9)15(2)14(20)16-8-11(17)7-12(16)13(18)19/h9-12,17H,3-8H2,1-2H3,(H,18,19). The Morgan fingerprint density at radius 1 is 1.20 bits per heavy atom. The van der Waals surface area contributed by atoms with Gasteiger partial charge in [0.05, 0.1) is 6.10 Å². The molecule has 0 aromatic carbocycles. The molecule has 2 unspecified atom stereocenters. The van der Waals surface area contributed by atoms with Gasteiger partial charge in [0.15, 0.2) is 0 Å². The molecule has 1 saturated heterocycles. The minimum Gasteiger partial charge on any atom is -0.480 e. The number of carboxylic acid groups (broad SMARTS) is 1. The number of nitrogens with zero attached hydrogens (tertiary/aromatic N) is 2. The molecule has 6 nitrogen and oxygen atoms in total. The summed E-state index contributed by atoms with van der Waals surface area (Å²) < 4.78 is 0. The average Bonchev–Trinajstić information content (AvgIpc) is 2.80. The lowest BCUT2D eigenvalue weighted by molar-refractivity contribution is -0.141. The molecule has 6 heteroatoms. The third-order valence-corrected chi connectivity index (χ3v) is 4.64. The van der Waals surface area contributed by atoms with Crippen LogP contribution in [0.3, 0.4) is 0 Å². The molecule has 0 spiro atoms. The van der Waals surface area contributed by atoms with E-state index in [0.29, 0.717) is 5.92 Å². The molecule has 1 aliphatic carbocycles. The van der Waals surface area contributed by atoms with Crippen molar-refractivity contribution in [1.29, 1.82) is 0 Å². The number of carbonyl (C=O) groups excluding carboxylic acids is 1. The van der Waals surface area contributed by atoms with Crippen LogP contribution in [-0.2, 0) is 4.79 Å². The minimum atomic E-state index is -1.04. The van der Waals surface area contributed by atoms with E-state index in [4.69, 9.17) is 5.11 Å². The van der Waals surface area contributed by atoms with Crippen LogP contribution in [0.25, 0.3) is 0 Å². The van der Waals surface area contributed by atoms with E-state index in [1.54, 1.807) is 11.9 Å². The highest BCUT2D eigenvalue weighted by Crippen LogP contribution is 2.28. The number of aliphatic carboxylic acids is 1. The van der Waals surface area contributed by atoms with E-state index >= 15 is 0 Å². The van der Waals surface area contributed by atoms with Gasteiger partial charge in [-0.1, -0.05) is 6.92 Å². The van der Waals surface area contributed by atoms with Crippen molar-refractivity contribution in [1.82, 2.24) is 9.80 Å². The molecule has 0 aromatic rings. The summed E-state index contributed by atoms with van der Waals surface area (Å²) in [5.74, 6) is -0.337. The zero-order valence-electron chi connectivity index (χ0n) is 12.2. The van der Waals surface area contributed by atoms with Gasteiger partial charge >= 0.3 is 12.0 Å². The van der Waals surface area contributed by atoms with Crippen LogP contribution in [0.4, 0.5) is 4.79 Å². The molecular weight excluding hydrogens is 260 g/mol. The molecule has 2 amide bonds. The molecule has 20 heavy (non-hydrogen) atoms. The van der Waals surface area contributed by atoms with Crippen LogP contribution < -0.4 is 0 Å². The van der Waals surface area contributed by atoms with Gasteiger partial charge in [-0.2, -0.15) is 0 Å². The normalized spacial score (nSPS) is 34.0. The highest BCUT2D eigenvalue weighted by Gasteiger charge is 2.41. The van der Waals surface area contributed by atoms with Gasteiger partial charge in [-0.25, -0.2) is 9.59 Å². The number of carboxylic acids is 1. The summed E-state index contributed by atoms with van der Waals surface area (Å²) in [5, 5.41) is 18.8. The molecule has 0 bridgehead atoms. The van der Waals surface area contributed by atoms with Crippen LogP contribution >= 0.6 is 0 Å². The molecule has 1 aliphatic heterocycles. The number of urea groups is 1. The molecule has 114 valence electrons. The lowest BCUT2D eigenvalue weighted by Gasteiger charge is -2.36. The molecule has 2 N–H and O–H groups in total. The molecule has 2 atom stereocenters. The lowest BCUT2D eigenvalue weighted by Crippen LogP contribution is -2.50. The number of amides is 2. The number of hydrogen-bond acceptors (Lipinski definition) is 3. The van der Waals surface area contributed by atoms with Crippen LogP contribution in [0, 0.1) is 5.92 Å². The average molecular weight is 284 g/mol. The largest absolute Gasteiger partial charge is 0.480 e. The Kier molecular flexibility index (Phi) is 4.52. The molecule has 2 fully saturated rings. The van der Waals surface area contributed by atoms with Crippen molar-refractivity contribution >= 4 is 12.0 Å². The maximum Gasteiger partial charge on any atom is 0.326 e. The first-order chi connectivity index (χ1) is 9.40. The Hall–Kier alpha value is -1.30. The first-order valence-electron chi connectivity index (χ1n) is 7.34. The van der Waals surface area contributed by atoms with Crippen molar-refractivity contribution in [3.8, 4) is 0 Å². The van der Waals surface area contributed by atoms with E-state index in [-0.39, 0.29) is 25.0 Å². The highest BCUT2D eigenvalue weighted by atomic mass is 16.4. The smallest absolute Gasteiger partial charge is 0.326 e. The first-order valence-corrected chi connectivity index (χ1v) is 7.34. The summed E-state index contributed by atoms with van der Waals surface area (Å²) in [5.41, 5.74) is 0. The van der Waals surface area contributed by atoms with Crippen molar-refractivity contribution in [3.63, 3.8) is 0 Å². The maximum atomic E-state index is 12.5. The minimum absolute atomic E-state index is 0.114. The first kappa shape index (κ1) is 15.1. The second kappa shape index (κ2) is 5.99. The lowest BCUT2D eigenvalue weighted by atomic mass is 9.87. The number of β-amino-alcohol motifs (C(OH)–C–C–N with tert-alkyl or cyclic N) is 1. The summed E-state index contributed by atoms with van der Waals surface area (Å²) in [6, 6.07) is -0.984. The predicted molar refractivity (Wildman–Crippen MR) is 73.3 cm³/mol. The maximum absolute atomic E-state index is 12.5. The molecule has 2 rings (SSSR count). The third-order valence-electron chi connectivity index (χ3n) is 4.64. The van der Waals surface area contributed by atoms with E-state index in [2.05, 4.69) is 6.92 Å². The van der Waals surface area contributed by atoms with Crippen LogP contribution in [0.15, 0.2) is 0 Å². The highest BCUT2D eigenvalue weighted by molar-refractivity contribution is 5.83. The van der Waals surface area contributed by atoms with Crippen molar-refractivity contribution in [2.24, 2.45) is 5.92 Å². The van der Waals surface area contributed by atoms with E-state index in [1.165, 1.54) is 4.90 Å². The van der Waals surface area contributed by atoms with E-state index < -0.39 is 18.1 Å². The number of likely N-dealkylation sites (tertiary alicyclic amines) is 1. The zero-order valence-corrected chi connectivity index (χ0v) is 12.2. The number of carbonyl (C=O) groups is 2. The number of aliphatic hydroxyl groups is 1. The Balaban J connectivity index is 2.00. The monoisotopic (exact) mass is 284 g/mol. The van der Waals surface area contributed by atoms with Gasteiger partial charge < -0.3 is 20.0 Å². The third kappa shape index (κ3) is 3.06. The topological polar surface area (TPSA) is 81.1 Å². The van der Waals surface area contributed by atoms with Gasteiger partial charge in [-0.15, -0.1) is 0 Å². The molecular formula is C14H24N2O4.